The van der Waals surface area contributed by atoms with Crippen LogP contribution in [-0.4, -0.2) is 63.1 Å². The number of hydrogen-bond donors (Lipinski definition) is 2. The molecule has 2 N–H and O–H groups in total. The number of piperazine rings is 1. The predicted molar refractivity (Wildman–Crippen MR) is 111 cm³/mol. The molecule has 2 aliphatic rings. The first kappa shape index (κ1) is 21.1. The molecule has 0 spiro atoms. The normalized spacial score (nSPS) is 22.6. The third-order valence-electron chi connectivity index (χ3n) is 5.96. The monoisotopic (exact) mass is 454 g/mol. The molecule has 5 rings (SSSR count). The molecule has 2 fully saturated rings. The zero-order valence-electron chi connectivity index (χ0n) is 17.4. The van der Waals surface area contributed by atoms with Crippen molar-refractivity contribution in [2.45, 2.75) is 31.0 Å². The number of fused-ring (bicyclic) bond motifs is 1. The minimum absolute atomic E-state index is 0.0884. The summed E-state index contributed by atoms with van der Waals surface area (Å²) in [5.41, 5.74) is 0.126. The van der Waals surface area contributed by atoms with E-state index in [0.717, 1.165) is 6.20 Å². The van der Waals surface area contributed by atoms with Gasteiger partial charge in [0.2, 0.25) is 11.8 Å². The van der Waals surface area contributed by atoms with Gasteiger partial charge in [-0.15, -0.1) is 10.2 Å². The minimum Gasteiger partial charge on any atom is -0.421 e. The van der Waals surface area contributed by atoms with Gasteiger partial charge in [-0.2, -0.15) is 0 Å². The second-order valence-electron chi connectivity index (χ2n) is 8.06. The molecule has 3 atom stereocenters. The van der Waals surface area contributed by atoms with E-state index in [-0.39, 0.29) is 35.0 Å². The number of amides is 2. The quantitative estimate of drug-likeness (QED) is 0.598. The van der Waals surface area contributed by atoms with E-state index in [1.165, 1.54) is 18.3 Å². The third-order valence-corrected chi connectivity index (χ3v) is 5.96. The lowest BCUT2D eigenvalue weighted by Gasteiger charge is -2.36. The van der Waals surface area contributed by atoms with Gasteiger partial charge in [-0.25, -0.2) is 8.78 Å². The Morgan fingerprint density at radius 1 is 1.21 bits per heavy atom. The lowest BCUT2D eigenvalue weighted by Crippen LogP contribution is -2.58. The van der Waals surface area contributed by atoms with E-state index >= 15 is 0 Å². The van der Waals surface area contributed by atoms with Crippen LogP contribution in [0.5, 0.6) is 0 Å². The highest BCUT2D eigenvalue weighted by atomic mass is 19.1. The van der Waals surface area contributed by atoms with Crippen molar-refractivity contribution in [3.05, 3.63) is 65.8 Å². The van der Waals surface area contributed by atoms with Crippen LogP contribution in [-0.2, 0) is 11.2 Å². The van der Waals surface area contributed by atoms with E-state index in [9.17, 15) is 18.4 Å². The Balaban J connectivity index is 1.28. The van der Waals surface area contributed by atoms with Crippen LogP contribution in [0, 0.1) is 11.6 Å². The Morgan fingerprint density at radius 2 is 2.06 bits per heavy atom. The maximum Gasteiger partial charge on any atom is 0.254 e. The SMILES string of the molecule is O=C(N[C@H]1C[C@H]2C(=O)NC[C@@H](Cc3nnc(-c4ccccc4F)o3)N2C1)c1ccncc1F. The molecule has 2 aliphatic heterocycles. The van der Waals surface area contributed by atoms with Crippen molar-refractivity contribution in [1.82, 2.24) is 30.7 Å². The first-order chi connectivity index (χ1) is 16.0. The van der Waals surface area contributed by atoms with Gasteiger partial charge in [0.1, 0.15) is 5.82 Å². The van der Waals surface area contributed by atoms with Gasteiger partial charge in [0.05, 0.1) is 23.4 Å². The molecular formula is C22H20F2N6O3. The van der Waals surface area contributed by atoms with E-state index < -0.39 is 23.6 Å². The number of aromatic nitrogens is 3. The van der Waals surface area contributed by atoms with Crippen LogP contribution in [0.1, 0.15) is 22.7 Å². The number of benzene rings is 1. The highest BCUT2D eigenvalue weighted by molar-refractivity contribution is 5.94. The summed E-state index contributed by atoms with van der Waals surface area (Å²) in [6.07, 6.45) is 3.07. The first-order valence-corrected chi connectivity index (χ1v) is 10.5. The lowest BCUT2D eigenvalue weighted by molar-refractivity contribution is -0.129. The van der Waals surface area contributed by atoms with Crippen molar-refractivity contribution in [2.24, 2.45) is 0 Å². The maximum atomic E-state index is 14.0. The van der Waals surface area contributed by atoms with Crippen LogP contribution in [0.3, 0.4) is 0 Å². The Bertz CT molecular complexity index is 1200. The zero-order chi connectivity index (χ0) is 22.9. The van der Waals surface area contributed by atoms with Crippen LogP contribution in [0.15, 0.2) is 47.1 Å². The van der Waals surface area contributed by atoms with Crippen LogP contribution >= 0.6 is 0 Å². The molecule has 4 heterocycles. The van der Waals surface area contributed by atoms with Crippen molar-refractivity contribution in [3.63, 3.8) is 0 Å². The highest BCUT2D eigenvalue weighted by Crippen LogP contribution is 2.27. The Kier molecular flexibility index (Phi) is 5.55. The molecule has 1 aromatic carbocycles. The average Bonchev–Trinajstić information content (AvgIpc) is 3.44. The Morgan fingerprint density at radius 3 is 2.88 bits per heavy atom. The summed E-state index contributed by atoms with van der Waals surface area (Å²) >= 11 is 0. The summed E-state index contributed by atoms with van der Waals surface area (Å²) in [6, 6.07) is 6.52. The van der Waals surface area contributed by atoms with Crippen LogP contribution < -0.4 is 10.6 Å². The van der Waals surface area contributed by atoms with Crippen molar-refractivity contribution < 1.29 is 22.8 Å². The second kappa shape index (κ2) is 8.66. The predicted octanol–water partition coefficient (Wildman–Crippen LogP) is 1.32. The molecule has 0 unspecified atom stereocenters. The summed E-state index contributed by atoms with van der Waals surface area (Å²) < 4.78 is 33.6. The van der Waals surface area contributed by atoms with E-state index in [2.05, 4.69) is 25.8 Å². The number of halogens is 2. The fraction of sp³-hybridized carbons (Fsp3) is 0.318. The molecule has 0 aliphatic carbocycles. The highest BCUT2D eigenvalue weighted by Gasteiger charge is 2.44. The van der Waals surface area contributed by atoms with Crippen LogP contribution in [0.25, 0.3) is 11.5 Å². The average molecular weight is 454 g/mol. The smallest absolute Gasteiger partial charge is 0.254 e. The lowest BCUT2D eigenvalue weighted by atomic mass is 10.1. The summed E-state index contributed by atoms with van der Waals surface area (Å²) in [6.45, 7) is 0.780. The summed E-state index contributed by atoms with van der Waals surface area (Å²) in [7, 11) is 0. The van der Waals surface area contributed by atoms with E-state index in [1.807, 2.05) is 4.90 Å². The van der Waals surface area contributed by atoms with Crippen LogP contribution in [0.2, 0.25) is 0 Å². The zero-order valence-corrected chi connectivity index (χ0v) is 17.4. The topological polar surface area (TPSA) is 113 Å². The number of pyridine rings is 1. The number of nitrogens with one attached hydrogen (secondary N) is 2. The molecule has 9 nitrogen and oxygen atoms in total. The van der Waals surface area contributed by atoms with E-state index in [1.54, 1.807) is 18.2 Å². The minimum atomic E-state index is -0.705. The molecule has 33 heavy (non-hydrogen) atoms. The molecule has 2 amide bonds. The fourth-order valence-corrected chi connectivity index (χ4v) is 4.37. The summed E-state index contributed by atoms with van der Waals surface area (Å²) in [5, 5.41) is 13.7. The molecule has 0 radical (unpaired) electrons. The number of carbonyl (C=O) groups is 2. The molecule has 2 aromatic heterocycles. The van der Waals surface area contributed by atoms with Crippen molar-refractivity contribution in [3.8, 4) is 11.5 Å². The van der Waals surface area contributed by atoms with Gasteiger partial charge >= 0.3 is 0 Å². The number of nitrogens with zero attached hydrogens (tertiary/aromatic N) is 4. The molecule has 11 heteroatoms. The van der Waals surface area contributed by atoms with Crippen molar-refractivity contribution in [2.75, 3.05) is 13.1 Å². The van der Waals surface area contributed by atoms with Gasteiger partial charge in [-0.3, -0.25) is 19.5 Å². The molecular weight excluding hydrogens is 434 g/mol. The van der Waals surface area contributed by atoms with Crippen LogP contribution in [0.4, 0.5) is 8.78 Å². The molecule has 3 aromatic rings. The molecule has 0 bridgehead atoms. The first-order valence-electron chi connectivity index (χ1n) is 10.5. The van der Waals surface area contributed by atoms with Gasteiger partial charge in [-0.05, 0) is 24.6 Å². The van der Waals surface area contributed by atoms with Gasteiger partial charge in [-0.1, -0.05) is 12.1 Å². The largest absolute Gasteiger partial charge is 0.421 e. The van der Waals surface area contributed by atoms with Gasteiger partial charge < -0.3 is 15.1 Å². The van der Waals surface area contributed by atoms with E-state index in [4.69, 9.17) is 4.42 Å². The van der Waals surface area contributed by atoms with Crippen molar-refractivity contribution >= 4 is 11.8 Å². The molecule has 170 valence electrons. The number of carbonyl (C=O) groups excluding carboxylic acids is 2. The van der Waals surface area contributed by atoms with E-state index in [0.29, 0.717) is 31.8 Å². The van der Waals surface area contributed by atoms with Gasteiger partial charge in [0, 0.05) is 37.8 Å². The summed E-state index contributed by atoms with van der Waals surface area (Å²) in [5.74, 6) is -1.44. The third kappa shape index (κ3) is 4.19. The van der Waals surface area contributed by atoms with Crippen molar-refractivity contribution in [1.29, 1.82) is 0 Å². The maximum absolute atomic E-state index is 14.0. The Labute approximate surface area is 187 Å². The second-order valence-corrected chi connectivity index (χ2v) is 8.06. The summed E-state index contributed by atoms with van der Waals surface area (Å²) in [4.78, 5) is 30.5. The fourth-order valence-electron chi connectivity index (χ4n) is 4.37. The number of rotatable bonds is 5. The van der Waals surface area contributed by atoms with Gasteiger partial charge in [0.25, 0.3) is 11.8 Å². The number of hydrogen-bond acceptors (Lipinski definition) is 7. The van der Waals surface area contributed by atoms with Gasteiger partial charge in [0.15, 0.2) is 5.82 Å². The molecule has 0 saturated carbocycles. The molecule has 2 saturated heterocycles. The standard InChI is InChI=1S/C22H20F2N6O3/c23-16-4-2-1-3-15(16)22-29-28-19(33-22)8-13-9-26-21(32)18-7-12(11-30(13)18)27-20(31)14-5-6-25-10-17(14)24/h1-6,10,12-13,18H,7-9,11H2,(H,26,32)(H,27,31)/t12-,13+,18-/m0/s1. The Hall–Kier alpha value is -3.73.